The van der Waals surface area contributed by atoms with Gasteiger partial charge in [-0.15, -0.1) is 0 Å². The van der Waals surface area contributed by atoms with E-state index in [4.69, 9.17) is 5.84 Å². The Morgan fingerprint density at radius 2 is 2.00 bits per heavy atom. The fourth-order valence-corrected chi connectivity index (χ4v) is 2.22. The zero-order valence-electron chi connectivity index (χ0n) is 9.03. The maximum atomic E-state index is 5.49. The summed E-state index contributed by atoms with van der Waals surface area (Å²) in [6.07, 6.45) is 2.11. The zero-order chi connectivity index (χ0) is 10.7. The van der Waals surface area contributed by atoms with Crippen LogP contribution in [0.4, 0.5) is 0 Å². The zero-order valence-corrected chi connectivity index (χ0v) is 9.03. The summed E-state index contributed by atoms with van der Waals surface area (Å²) in [6.45, 7) is 2.81. The number of fused-ring (bicyclic) bond motifs is 1. The third-order valence-corrected chi connectivity index (χ3v) is 2.91. The maximum absolute atomic E-state index is 5.49. The third-order valence-electron chi connectivity index (χ3n) is 2.91. The van der Waals surface area contributed by atoms with Gasteiger partial charge in [0.2, 0.25) is 0 Å². The minimum Gasteiger partial charge on any atom is -0.312 e. The van der Waals surface area contributed by atoms with Gasteiger partial charge < -0.3 is 5.43 Å². The molecule has 0 atom stereocenters. The molecular weight excluding hydrogens is 186 g/mol. The Morgan fingerprint density at radius 3 is 2.47 bits per heavy atom. The lowest BCUT2D eigenvalue weighted by molar-refractivity contribution is 0.705. The van der Waals surface area contributed by atoms with E-state index >= 15 is 0 Å². The molecule has 0 radical (unpaired) electrons. The Morgan fingerprint density at radius 1 is 1.40 bits per heavy atom. The van der Waals surface area contributed by atoms with E-state index in [2.05, 4.69) is 34.7 Å². The van der Waals surface area contributed by atoms with Crippen molar-refractivity contribution in [3.05, 3.63) is 35.4 Å². The molecule has 0 saturated heterocycles. The second-order valence-electron chi connectivity index (χ2n) is 3.88. The molecule has 1 aromatic rings. The molecule has 2 rings (SSSR count). The summed E-state index contributed by atoms with van der Waals surface area (Å²) in [4.78, 5) is 4.39. The van der Waals surface area contributed by atoms with Gasteiger partial charge in [-0.25, -0.2) is 5.84 Å². The fourth-order valence-electron chi connectivity index (χ4n) is 2.22. The van der Waals surface area contributed by atoms with Crippen LogP contribution in [0.1, 0.15) is 18.1 Å². The molecule has 3 nitrogen and oxygen atoms in total. The lowest BCUT2D eigenvalue weighted by Crippen LogP contribution is -2.36. The van der Waals surface area contributed by atoms with Crippen molar-refractivity contribution in [1.29, 1.82) is 0 Å². The highest BCUT2D eigenvalue weighted by atomic mass is 15.3. The molecule has 1 aliphatic rings. The Bertz CT molecular complexity index is 346. The summed E-state index contributed by atoms with van der Waals surface area (Å²) < 4.78 is 0. The predicted octanol–water partition coefficient (Wildman–Crippen LogP) is 1.28. The van der Waals surface area contributed by atoms with Crippen LogP contribution in [0.5, 0.6) is 0 Å². The normalized spacial score (nSPS) is 16.5. The van der Waals surface area contributed by atoms with Crippen molar-refractivity contribution in [2.24, 2.45) is 16.8 Å². The molecule has 0 amide bonds. The van der Waals surface area contributed by atoms with Crippen LogP contribution in [0.15, 0.2) is 29.3 Å². The second-order valence-corrected chi connectivity index (χ2v) is 3.88. The molecular formula is C12H17N3. The van der Waals surface area contributed by atoms with E-state index in [0.717, 1.165) is 25.2 Å². The molecule has 0 aliphatic heterocycles. The lowest BCUT2D eigenvalue weighted by atomic mass is 10.1. The van der Waals surface area contributed by atoms with Crippen LogP contribution in [-0.4, -0.2) is 12.4 Å². The van der Waals surface area contributed by atoms with Crippen molar-refractivity contribution in [3.63, 3.8) is 0 Å². The van der Waals surface area contributed by atoms with E-state index in [0.29, 0.717) is 5.92 Å². The Labute approximate surface area is 90.4 Å². The van der Waals surface area contributed by atoms with Crippen LogP contribution < -0.4 is 11.3 Å². The Balaban J connectivity index is 2.15. The summed E-state index contributed by atoms with van der Waals surface area (Å²) in [5.74, 6) is 6.87. The summed E-state index contributed by atoms with van der Waals surface area (Å²) >= 11 is 0. The number of nitrogens with zero attached hydrogens (tertiary/aromatic N) is 1. The van der Waals surface area contributed by atoms with Gasteiger partial charge in [-0.2, -0.15) is 0 Å². The number of nitrogens with two attached hydrogens (primary N) is 1. The average molecular weight is 203 g/mol. The molecule has 0 bridgehead atoms. The topological polar surface area (TPSA) is 50.4 Å². The summed E-state index contributed by atoms with van der Waals surface area (Å²) in [5.41, 5.74) is 5.59. The first-order chi connectivity index (χ1) is 7.35. The van der Waals surface area contributed by atoms with Crippen LogP contribution in [-0.2, 0) is 12.8 Å². The number of aliphatic imine (C=N–C) groups is 1. The van der Waals surface area contributed by atoms with Gasteiger partial charge in [0.15, 0.2) is 0 Å². The molecule has 1 aliphatic carbocycles. The smallest absolute Gasteiger partial charge is 0.114 e. The monoisotopic (exact) mass is 203 g/mol. The van der Waals surface area contributed by atoms with Crippen LogP contribution in [0.3, 0.4) is 0 Å². The van der Waals surface area contributed by atoms with Crippen molar-refractivity contribution in [3.8, 4) is 0 Å². The number of hydrogen-bond donors (Lipinski definition) is 2. The van der Waals surface area contributed by atoms with Gasteiger partial charge >= 0.3 is 0 Å². The SMILES string of the molecule is CCN=C(NN)C1Cc2ccccc2C1. The van der Waals surface area contributed by atoms with Crippen molar-refractivity contribution >= 4 is 5.84 Å². The number of rotatable bonds is 2. The van der Waals surface area contributed by atoms with Crippen molar-refractivity contribution in [2.75, 3.05) is 6.54 Å². The highest BCUT2D eigenvalue weighted by Gasteiger charge is 2.24. The molecule has 0 heterocycles. The second kappa shape index (κ2) is 4.45. The first kappa shape index (κ1) is 10.2. The van der Waals surface area contributed by atoms with E-state index in [1.54, 1.807) is 0 Å². The fraction of sp³-hybridized carbons (Fsp3) is 0.417. The number of nitrogens with one attached hydrogen (secondary N) is 1. The lowest BCUT2D eigenvalue weighted by Gasteiger charge is -2.11. The van der Waals surface area contributed by atoms with Gasteiger partial charge in [0.1, 0.15) is 5.84 Å². The number of hydrogen-bond acceptors (Lipinski definition) is 2. The molecule has 0 fully saturated rings. The van der Waals surface area contributed by atoms with E-state index in [9.17, 15) is 0 Å². The van der Waals surface area contributed by atoms with Crippen LogP contribution >= 0.6 is 0 Å². The number of amidine groups is 1. The van der Waals surface area contributed by atoms with Crippen molar-refractivity contribution in [1.82, 2.24) is 5.43 Å². The standard InChI is InChI=1S/C12H17N3/c1-2-14-12(15-13)11-7-9-5-3-4-6-10(9)8-11/h3-6,11H,2,7-8,13H2,1H3,(H,14,15). The quantitative estimate of drug-likeness (QED) is 0.329. The molecule has 0 saturated carbocycles. The van der Waals surface area contributed by atoms with Crippen LogP contribution in [0.2, 0.25) is 0 Å². The molecule has 15 heavy (non-hydrogen) atoms. The Hall–Kier alpha value is -1.35. The molecule has 0 spiro atoms. The van der Waals surface area contributed by atoms with Crippen molar-refractivity contribution < 1.29 is 0 Å². The van der Waals surface area contributed by atoms with Gasteiger partial charge in [-0.1, -0.05) is 24.3 Å². The average Bonchev–Trinajstić information content (AvgIpc) is 2.69. The predicted molar refractivity (Wildman–Crippen MR) is 62.6 cm³/mol. The van der Waals surface area contributed by atoms with Gasteiger partial charge in [-0.05, 0) is 30.9 Å². The maximum Gasteiger partial charge on any atom is 0.114 e. The molecule has 3 N–H and O–H groups in total. The highest BCUT2D eigenvalue weighted by molar-refractivity contribution is 5.85. The first-order valence-corrected chi connectivity index (χ1v) is 5.43. The minimum absolute atomic E-state index is 0.437. The van der Waals surface area contributed by atoms with E-state index in [1.165, 1.54) is 11.1 Å². The summed E-state index contributed by atoms with van der Waals surface area (Å²) in [5, 5.41) is 0. The minimum atomic E-state index is 0.437. The molecule has 0 unspecified atom stereocenters. The number of hydrazine groups is 1. The third kappa shape index (κ3) is 2.02. The molecule has 0 aromatic heterocycles. The van der Waals surface area contributed by atoms with Crippen LogP contribution in [0, 0.1) is 5.92 Å². The molecule has 1 aromatic carbocycles. The van der Waals surface area contributed by atoms with E-state index < -0.39 is 0 Å². The molecule has 80 valence electrons. The Kier molecular flexibility index (Phi) is 3.02. The van der Waals surface area contributed by atoms with E-state index in [1.807, 2.05) is 6.92 Å². The highest BCUT2D eigenvalue weighted by Crippen LogP contribution is 2.26. The number of benzene rings is 1. The van der Waals surface area contributed by atoms with Gasteiger partial charge in [0.05, 0.1) is 0 Å². The largest absolute Gasteiger partial charge is 0.312 e. The van der Waals surface area contributed by atoms with Crippen LogP contribution in [0.25, 0.3) is 0 Å². The van der Waals surface area contributed by atoms with Gasteiger partial charge in [0, 0.05) is 12.5 Å². The van der Waals surface area contributed by atoms with Gasteiger partial charge in [-0.3, -0.25) is 4.99 Å². The summed E-state index contributed by atoms with van der Waals surface area (Å²) in [6, 6.07) is 8.56. The van der Waals surface area contributed by atoms with Gasteiger partial charge in [0.25, 0.3) is 0 Å². The van der Waals surface area contributed by atoms with Crippen molar-refractivity contribution in [2.45, 2.75) is 19.8 Å². The molecule has 3 heteroatoms. The first-order valence-electron chi connectivity index (χ1n) is 5.43. The summed E-state index contributed by atoms with van der Waals surface area (Å²) in [7, 11) is 0. The van der Waals surface area contributed by atoms with E-state index in [-0.39, 0.29) is 0 Å².